The van der Waals surface area contributed by atoms with Crippen LogP contribution in [0.25, 0.3) is 16.0 Å². The lowest BCUT2D eigenvalue weighted by Gasteiger charge is -2.24. The van der Waals surface area contributed by atoms with Gasteiger partial charge in [-0.2, -0.15) is 0 Å². The van der Waals surface area contributed by atoms with Gasteiger partial charge in [0.15, 0.2) is 16.6 Å². The number of thiazole rings is 1. The molecule has 1 fully saturated rings. The van der Waals surface area contributed by atoms with Crippen molar-refractivity contribution in [3.63, 3.8) is 0 Å². The molecular weight excluding hydrogens is 571 g/mol. The van der Waals surface area contributed by atoms with Crippen molar-refractivity contribution in [2.75, 3.05) is 25.2 Å². The zero-order chi connectivity index (χ0) is 30.7. The van der Waals surface area contributed by atoms with Gasteiger partial charge in [-0.3, -0.25) is 14.5 Å². The topological polar surface area (TPSA) is 98.2 Å². The second-order valence-electron chi connectivity index (χ2n) is 10.6. The Balaban J connectivity index is 1.65. The van der Waals surface area contributed by atoms with Crippen molar-refractivity contribution in [2.24, 2.45) is 5.92 Å². The molecule has 0 radical (unpaired) electrons. The summed E-state index contributed by atoms with van der Waals surface area (Å²) in [6.07, 6.45) is 1.65. The summed E-state index contributed by atoms with van der Waals surface area (Å²) in [5, 5.41) is 11.8. The summed E-state index contributed by atoms with van der Waals surface area (Å²) in [5.41, 5.74) is 1.19. The number of ether oxygens (including phenoxy) is 3. The molecule has 8 nitrogen and oxygen atoms in total. The van der Waals surface area contributed by atoms with Crippen molar-refractivity contribution in [1.29, 1.82) is 0 Å². The second-order valence-corrected chi connectivity index (χ2v) is 11.6. The van der Waals surface area contributed by atoms with Crippen LogP contribution in [0.1, 0.15) is 50.8 Å². The summed E-state index contributed by atoms with van der Waals surface area (Å²) in [4.78, 5) is 33.1. The lowest BCUT2D eigenvalue weighted by atomic mass is 9.95. The Morgan fingerprint density at radius 2 is 1.86 bits per heavy atom. The third-order valence-corrected chi connectivity index (χ3v) is 8.04. The van der Waals surface area contributed by atoms with E-state index in [0.29, 0.717) is 57.7 Å². The van der Waals surface area contributed by atoms with Crippen molar-refractivity contribution in [1.82, 2.24) is 4.98 Å². The van der Waals surface area contributed by atoms with E-state index in [9.17, 15) is 19.1 Å². The first-order valence-corrected chi connectivity index (χ1v) is 14.9. The number of carbonyl (C=O) groups excluding carboxylic acids is 2. The Labute approximate surface area is 253 Å². The van der Waals surface area contributed by atoms with Gasteiger partial charge in [0.05, 0.1) is 42.2 Å². The predicted molar refractivity (Wildman–Crippen MR) is 165 cm³/mol. The number of aromatic nitrogens is 1. The largest absolute Gasteiger partial charge is 0.507 e. The standard InChI is InChI=1S/C33H33FN2O6S/c1-5-14-41-23-8-6-7-21(16-23)30(37)28-29(20-9-12-25(26(17-20)40-4)42-15-13-19(2)3)36(32(39)31(28)38)33-35-24-11-10-22(34)18-27(24)43-33/h6-12,16-19,29,37H,5,13-15H2,1-4H3/b30-28+. The first-order chi connectivity index (χ1) is 20.7. The van der Waals surface area contributed by atoms with Gasteiger partial charge < -0.3 is 19.3 Å². The number of fused-ring (bicyclic) bond motifs is 1. The van der Waals surface area contributed by atoms with Gasteiger partial charge in [-0.05, 0) is 66.8 Å². The molecule has 1 unspecified atom stereocenters. The Morgan fingerprint density at radius 3 is 2.60 bits per heavy atom. The third kappa shape index (κ3) is 6.19. The second kappa shape index (κ2) is 12.8. The lowest BCUT2D eigenvalue weighted by Crippen LogP contribution is -2.29. The maximum absolute atomic E-state index is 14.0. The molecule has 1 N–H and O–H groups in total. The lowest BCUT2D eigenvalue weighted by molar-refractivity contribution is -0.132. The molecule has 1 amide bonds. The van der Waals surface area contributed by atoms with Crippen LogP contribution in [0.4, 0.5) is 9.52 Å². The molecule has 5 rings (SSSR count). The van der Waals surface area contributed by atoms with Crippen molar-refractivity contribution in [3.8, 4) is 17.2 Å². The van der Waals surface area contributed by atoms with E-state index in [-0.39, 0.29) is 16.5 Å². The molecule has 0 aliphatic carbocycles. The van der Waals surface area contributed by atoms with Gasteiger partial charge in [-0.15, -0.1) is 0 Å². The Hall–Kier alpha value is -4.44. The number of nitrogens with zero attached hydrogens (tertiary/aromatic N) is 2. The fraction of sp³-hybridized carbons (Fsp3) is 0.303. The van der Waals surface area contributed by atoms with E-state index >= 15 is 0 Å². The molecule has 1 aromatic heterocycles. The minimum absolute atomic E-state index is 0.112. The van der Waals surface area contributed by atoms with E-state index in [0.717, 1.165) is 24.2 Å². The molecule has 2 heterocycles. The van der Waals surface area contributed by atoms with E-state index in [2.05, 4.69) is 18.8 Å². The van der Waals surface area contributed by atoms with E-state index in [1.54, 1.807) is 42.5 Å². The molecule has 0 spiro atoms. The monoisotopic (exact) mass is 604 g/mol. The third-order valence-electron chi connectivity index (χ3n) is 7.03. The molecule has 224 valence electrons. The molecule has 4 aromatic rings. The van der Waals surface area contributed by atoms with Gasteiger partial charge in [0, 0.05) is 5.56 Å². The SMILES string of the molecule is CCCOc1cccc(/C(O)=C2\C(=O)C(=O)N(c3nc4ccc(F)cc4s3)C2c2ccc(OCCC(C)C)c(OC)c2)c1. The number of aliphatic hydroxyl groups excluding tert-OH is 1. The van der Waals surface area contributed by atoms with Gasteiger partial charge in [-0.1, -0.05) is 50.3 Å². The first kappa shape index (κ1) is 30.0. The number of rotatable bonds is 11. The number of Topliss-reactive ketones (excluding diaryl/α,β-unsaturated/α-hetero) is 1. The minimum atomic E-state index is -1.05. The average Bonchev–Trinajstić information content (AvgIpc) is 3.53. The molecule has 1 atom stereocenters. The molecule has 0 saturated carbocycles. The van der Waals surface area contributed by atoms with E-state index in [4.69, 9.17) is 14.2 Å². The quantitative estimate of drug-likeness (QED) is 0.109. The maximum Gasteiger partial charge on any atom is 0.301 e. The number of hydrogen-bond donors (Lipinski definition) is 1. The van der Waals surface area contributed by atoms with Crippen LogP contribution in [0.3, 0.4) is 0 Å². The van der Waals surface area contributed by atoms with Crippen LogP contribution in [-0.2, 0) is 9.59 Å². The minimum Gasteiger partial charge on any atom is -0.507 e. The number of halogens is 1. The van der Waals surface area contributed by atoms with Gasteiger partial charge >= 0.3 is 5.91 Å². The number of anilines is 1. The zero-order valence-corrected chi connectivity index (χ0v) is 25.2. The summed E-state index contributed by atoms with van der Waals surface area (Å²) in [7, 11) is 1.51. The van der Waals surface area contributed by atoms with Crippen LogP contribution in [-0.4, -0.2) is 42.1 Å². The smallest absolute Gasteiger partial charge is 0.301 e. The van der Waals surface area contributed by atoms with Crippen LogP contribution in [0.2, 0.25) is 0 Å². The van der Waals surface area contributed by atoms with Crippen molar-refractivity contribution in [3.05, 3.63) is 83.2 Å². The fourth-order valence-electron chi connectivity index (χ4n) is 4.82. The molecule has 3 aromatic carbocycles. The highest BCUT2D eigenvalue weighted by Gasteiger charge is 2.48. The molecular formula is C33H33FN2O6S. The number of benzene rings is 3. The van der Waals surface area contributed by atoms with Gasteiger partial charge in [0.1, 0.15) is 17.3 Å². The number of methoxy groups -OCH3 is 1. The Morgan fingerprint density at radius 1 is 1.05 bits per heavy atom. The van der Waals surface area contributed by atoms with Crippen molar-refractivity contribution < 1.29 is 33.3 Å². The highest BCUT2D eigenvalue weighted by atomic mass is 32.1. The molecule has 43 heavy (non-hydrogen) atoms. The molecule has 0 bridgehead atoms. The zero-order valence-electron chi connectivity index (χ0n) is 24.4. The summed E-state index contributed by atoms with van der Waals surface area (Å²) in [5.74, 6) is -0.619. The normalized spacial score (nSPS) is 16.3. The van der Waals surface area contributed by atoms with Crippen LogP contribution in [0.15, 0.2) is 66.2 Å². The van der Waals surface area contributed by atoms with E-state index in [1.807, 2.05) is 6.92 Å². The van der Waals surface area contributed by atoms with Crippen molar-refractivity contribution >= 4 is 44.1 Å². The van der Waals surface area contributed by atoms with E-state index in [1.165, 1.54) is 30.2 Å². The maximum atomic E-state index is 14.0. The average molecular weight is 605 g/mol. The predicted octanol–water partition coefficient (Wildman–Crippen LogP) is 7.28. The van der Waals surface area contributed by atoms with Crippen LogP contribution >= 0.6 is 11.3 Å². The molecule has 1 aliphatic heterocycles. The highest BCUT2D eigenvalue weighted by Crippen LogP contribution is 2.46. The number of amides is 1. The van der Waals surface area contributed by atoms with Crippen LogP contribution in [0.5, 0.6) is 17.2 Å². The highest BCUT2D eigenvalue weighted by molar-refractivity contribution is 7.22. The van der Waals surface area contributed by atoms with Crippen LogP contribution < -0.4 is 19.1 Å². The fourth-order valence-corrected chi connectivity index (χ4v) is 5.84. The van der Waals surface area contributed by atoms with Gasteiger partial charge in [-0.25, -0.2) is 9.37 Å². The summed E-state index contributed by atoms with van der Waals surface area (Å²) < 4.78 is 31.8. The number of ketones is 1. The first-order valence-electron chi connectivity index (χ1n) is 14.1. The van der Waals surface area contributed by atoms with E-state index < -0.39 is 23.5 Å². The molecule has 1 aliphatic rings. The summed E-state index contributed by atoms with van der Waals surface area (Å²) >= 11 is 1.08. The van der Waals surface area contributed by atoms with Crippen molar-refractivity contribution in [2.45, 2.75) is 39.7 Å². The van der Waals surface area contributed by atoms with Gasteiger partial charge in [0.25, 0.3) is 5.78 Å². The summed E-state index contributed by atoms with van der Waals surface area (Å²) in [6, 6.07) is 15.0. The number of aliphatic hydroxyl groups is 1. The van der Waals surface area contributed by atoms with Crippen LogP contribution in [0, 0.1) is 11.7 Å². The Kier molecular flexibility index (Phi) is 8.96. The molecule has 1 saturated heterocycles. The number of hydrogen-bond acceptors (Lipinski definition) is 8. The Bertz CT molecular complexity index is 1700. The number of carbonyl (C=O) groups is 2. The summed E-state index contributed by atoms with van der Waals surface area (Å²) in [6.45, 7) is 7.17. The molecule has 10 heteroatoms. The van der Waals surface area contributed by atoms with Gasteiger partial charge in [0.2, 0.25) is 0 Å².